The number of aromatic amines is 1. The Morgan fingerprint density at radius 2 is 2.25 bits per heavy atom. The number of amides is 1. The van der Waals surface area contributed by atoms with Gasteiger partial charge in [0.1, 0.15) is 0 Å². The Balaban J connectivity index is 0.00000200. The number of nitrogens with zero attached hydrogens (tertiary/aromatic N) is 2. The molecule has 7 heteroatoms. The van der Waals surface area contributed by atoms with Crippen LogP contribution in [0.15, 0.2) is 6.07 Å². The molecule has 1 fully saturated rings. The molecule has 6 nitrogen and oxygen atoms in total. The highest BCUT2D eigenvalue weighted by Crippen LogP contribution is 2.22. The van der Waals surface area contributed by atoms with Gasteiger partial charge in [0, 0.05) is 24.7 Å². The number of β-amino-alcohol motifs (C(OH)–C–C–N with tert-alkyl or cyclic N) is 1. The summed E-state index contributed by atoms with van der Waals surface area (Å²) in [4.78, 5) is 13.7. The lowest BCUT2D eigenvalue weighted by Crippen LogP contribution is -2.50. The van der Waals surface area contributed by atoms with E-state index in [2.05, 4.69) is 10.2 Å². The first-order valence-corrected chi connectivity index (χ1v) is 6.54. The Labute approximate surface area is 125 Å². The molecular weight excluding hydrogens is 280 g/mol. The van der Waals surface area contributed by atoms with Crippen molar-refractivity contribution >= 4 is 18.3 Å². The van der Waals surface area contributed by atoms with Crippen molar-refractivity contribution in [3.63, 3.8) is 0 Å². The van der Waals surface area contributed by atoms with Gasteiger partial charge < -0.3 is 15.7 Å². The summed E-state index contributed by atoms with van der Waals surface area (Å²) in [5.41, 5.74) is 6.84. The number of aromatic nitrogens is 2. The zero-order chi connectivity index (χ0) is 14.2. The Kier molecular flexibility index (Phi) is 5.18. The first kappa shape index (κ1) is 16.9. The molecule has 20 heavy (non-hydrogen) atoms. The van der Waals surface area contributed by atoms with Crippen LogP contribution in [0.5, 0.6) is 0 Å². The van der Waals surface area contributed by atoms with Gasteiger partial charge in [0.2, 0.25) is 5.91 Å². The van der Waals surface area contributed by atoms with Crippen molar-refractivity contribution in [3.05, 3.63) is 17.5 Å². The minimum Gasteiger partial charge on any atom is -0.391 e. The highest BCUT2D eigenvalue weighted by atomic mass is 35.5. The van der Waals surface area contributed by atoms with Crippen LogP contribution >= 0.6 is 12.4 Å². The van der Waals surface area contributed by atoms with Gasteiger partial charge in [-0.1, -0.05) is 0 Å². The third kappa shape index (κ3) is 3.71. The largest absolute Gasteiger partial charge is 0.391 e. The van der Waals surface area contributed by atoms with E-state index in [4.69, 9.17) is 5.73 Å². The quantitative estimate of drug-likeness (QED) is 0.745. The lowest BCUT2D eigenvalue weighted by Gasteiger charge is -2.25. The number of rotatable bonds is 3. The van der Waals surface area contributed by atoms with Gasteiger partial charge in [-0.3, -0.25) is 9.89 Å². The van der Waals surface area contributed by atoms with Crippen molar-refractivity contribution in [2.75, 3.05) is 13.1 Å². The van der Waals surface area contributed by atoms with Crippen molar-refractivity contribution in [2.45, 2.75) is 38.8 Å². The fourth-order valence-electron chi connectivity index (χ4n) is 2.48. The molecule has 4 N–H and O–H groups in total. The van der Waals surface area contributed by atoms with E-state index >= 15 is 0 Å². The standard InChI is InChI=1S/C13H22N4O2.ClH/c1-8-4-10(16-15-8)5-9-6-17(7-11(9)18)12(19)13(2,3)14;/h4,9,11,18H,5-7,14H2,1-3H3,(H,15,16);1H/t9-,11-;/m1./s1. The summed E-state index contributed by atoms with van der Waals surface area (Å²) in [6.45, 7) is 6.20. The molecule has 2 rings (SSSR count). The lowest BCUT2D eigenvalue weighted by atomic mass is 10.00. The maximum absolute atomic E-state index is 12.1. The number of halogens is 1. The zero-order valence-corrected chi connectivity index (χ0v) is 12.9. The average Bonchev–Trinajstić information content (AvgIpc) is 2.85. The topological polar surface area (TPSA) is 95.2 Å². The van der Waals surface area contributed by atoms with Crippen LogP contribution in [-0.2, 0) is 11.2 Å². The highest BCUT2D eigenvalue weighted by Gasteiger charge is 2.38. The SMILES string of the molecule is Cc1cc(C[C@@H]2CN(C(=O)C(C)(C)N)C[C@H]2O)n[nH]1.Cl. The Morgan fingerprint density at radius 1 is 1.60 bits per heavy atom. The van der Waals surface area contributed by atoms with E-state index in [1.165, 1.54) is 0 Å². The molecule has 2 atom stereocenters. The number of aliphatic hydroxyl groups excluding tert-OH is 1. The van der Waals surface area contributed by atoms with Gasteiger partial charge in [0.15, 0.2) is 0 Å². The van der Waals surface area contributed by atoms with Crippen LogP contribution in [-0.4, -0.2) is 50.8 Å². The number of likely N-dealkylation sites (tertiary alicyclic amines) is 1. The molecule has 1 amide bonds. The van der Waals surface area contributed by atoms with E-state index < -0.39 is 11.6 Å². The van der Waals surface area contributed by atoms with E-state index in [1.54, 1.807) is 18.7 Å². The normalized spacial score (nSPS) is 22.8. The van der Waals surface area contributed by atoms with Crippen LogP contribution in [0.1, 0.15) is 25.2 Å². The number of H-pyrrole nitrogens is 1. The van der Waals surface area contributed by atoms with E-state index in [0.29, 0.717) is 19.5 Å². The predicted octanol–water partition coefficient (Wildman–Crippen LogP) is 0.239. The molecule has 1 aromatic heterocycles. The molecule has 1 aliphatic rings. The number of aryl methyl sites for hydroxylation is 1. The second-order valence-corrected chi connectivity index (χ2v) is 6.01. The van der Waals surface area contributed by atoms with Crippen LogP contribution < -0.4 is 5.73 Å². The molecule has 0 saturated carbocycles. The predicted molar refractivity (Wildman–Crippen MR) is 78.6 cm³/mol. The molecule has 0 bridgehead atoms. The van der Waals surface area contributed by atoms with Gasteiger partial charge in [-0.15, -0.1) is 12.4 Å². The second-order valence-electron chi connectivity index (χ2n) is 6.01. The lowest BCUT2D eigenvalue weighted by molar-refractivity contribution is -0.135. The van der Waals surface area contributed by atoms with Gasteiger partial charge >= 0.3 is 0 Å². The van der Waals surface area contributed by atoms with Gasteiger partial charge in [-0.25, -0.2) is 0 Å². The smallest absolute Gasteiger partial charge is 0.242 e. The zero-order valence-electron chi connectivity index (χ0n) is 12.1. The number of nitrogens with two attached hydrogens (primary N) is 1. The summed E-state index contributed by atoms with van der Waals surface area (Å²) in [5, 5.41) is 17.1. The summed E-state index contributed by atoms with van der Waals surface area (Å²) in [7, 11) is 0. The van der Waals surface area contributed by atoms with E-state index in [1.807, 2.05) is 13.0 Å². The van der Waals surface area contributed by atoms with Gasteiger partial charge in [-0.2, -0.15) is 5.10 Å². The monoisotopic (exact) mass is 302 g/mol. The summed E-state index contributed by atoms with van der Waals surface area (Å²) < 4.78 is 0. The van der Waals surface area contributed by atoms with Crippen LogP contribution in [0.2, 0.25) is 0 Å². The number of nitrogens with one attached hydrogen (secondary N) is 1. The summed E-state index contributed by atoms with van der Waals surface area (Å²) in [6, 6.07) is 1.96. The molecule has 0 aliphatic carbocycles. The number of aliphatic hydroxyl groups is 1. The summed E-state index contributed by atoms with van der Waals surface area (Å²) >= 11 is 0. The van der Waals surface area contributed by atoms with Crippen molar-refractivity contribution in [2.24, 2.45) is 11.7 Å². The van der Waals surface area contributed by atoms with Crippen molar-refractivity contribution in [1.29, 1.82) is 0 Å². The van der Waals surface area contributed by atoms with Crippen molar-refractivity contribution < 1.29 is 9.90 Å². The third-order valence-corrected chi connectivity index (χ3v) is 3.48. The van der Waals surface area contributed by atoms with Crippen LogP contribution in [0, 0.1) is 12.8 Å². The number of hydrogen-bond acceptors (Lipinski definition) is 4. The molecule has 0 radical (unpaired) electrons. The minimum absolute atomic E-state index is 0. The maximum atomic E-state index is 12.1. The summed E-state index contributed by atoms with van der Waals surface area (Å²) in [5.74, 6) is -0.0961. The highest BCUT2D eigenvalue weighted by molar-refractivity contribution is 5.85. The average molecular weight is 303 g/mol. The first-order valence-electron chi connectivity index (χ1n) is 6.54. The van der Waals surface area contributed by atoms with Gasteiger partial charge in [0.05, 0.1) is 17.3 Å². The molecule has 114 valence electrons. The molecule has 1 aromatic rings. The van der Waals surface area contributed by atoms with E-state index in [-0.39, 0.29) is 24.2 Å². The Morgan fingerprint density at radius 3 is 2.75 bits per heavy atom. The van der Waals surface area contributed by atoms with E-state index in [0.717, 1.165) is 11.4 Å². The number of carbonyl (C=O) groups excluding carboxylic acids is 1. The maximum Gasteiger partial charge on any atom is 0.242 e. The molecular formula is C13H23ClN4O2. The molecule has 0 spiro atoms. The minimum atomic E-state index is -0.891. The second kappa shape index (κ2) is 6.11. The third-order valence-electron chi connectivity index (χ3n) is 3.48. The van der Waals surface area contributed by atoms with E-state index in [9.17, 15) is 9.90 Å². The van der Waals surface area contributed by atoms with Gasteiger partial charge in [-0.05, 0) is 33.3 Å². The Bertz CT molecular complexity index is 469. The van der Waals surface area contributed by atoms with Crippen LogP contribution in [0.25, 0.3) is 0 Å². The molecule has 0 unspecified atom stereocenters. The van der Waals surface area contributed by atoms with Gasteiger partial charge in [0.25, 0.3) is 0 Å². The first-order chi connectivity index (χ1) is 8.77. The molecule has 0 aromatic carbocycles. The number of carbonyl (C=O) groups is 1. The Hall–Kier alpha value is -1.11. The molecule has 1 aliphatic heterocycles. The van der Waals surface area contributed by atoms with Crippen molar-refractivity contribution in [3.8, 4) is 0 Å². The summed E-state index contributed by atoms with van der Waals surface area (Å²) in [6.07, 6.45) is 0.156. The van der Waals surface area contributed by atoms with Crippen LogP contribution in [0.3, 0.4) is 0 Å². The number of hydrogen-bond donors (Lipinski definition) is 3. The fourth-order valence-corrected chi connectivity index (χ4v) is 2.48. The molecule has 1 saturated heterocycles. The van der Waals surface area contributed by atoms with Crippen LogP contribution in [0.4, 0.5) is 0 Å². The van der Waals surface area contributed by atoms with Crippen molar-refractivity contribution in [1.82, 2.24) is 15.1 Å². The fraction of sp³-hybridized carbons (Fsp3) is 0.692. The molecule has 2 heterocycles.